The van der Waals surface area contributed by atoms with Crippen LogP contribution in [-0.4, -0.2) is 0 Å². The summed E-state index contributed by atoms with van der Waals surface area (Å²) in [5, 5.41) is 0. The summed E-state index contributed by atoms with van der Waals surface area (Å²) in [5.41, 5.74) is 10.5. The normalized spacial score (nSPS) is 11.5. The molecule has 1 nitrogen and oxygen atoms in total. The van der Waals surface area contributed by atoms with E-state index in [-0.39, 0.29) is 0 Å². The number of nitrogen functional groups attached to an aromatic ring is 1. The van der Waals surface area contributed by atoms with Crippen molar-refractivity contribution in [3.63, 3.8) is 0 Å². The molecule has 0 unspecified atom stereocenters. The number of rotatable bonds is 38. The molecule has 0 bridgehead atoms. The molecule has 0 aliphatic carbocycles. The van der Waals surface area contributed by atoms with Crippen LogP contribution in [0.5, 0.6) is 0 Å². The van der Waals surface area contributed by atoms with Crippen molar-refractivity contribution in [3.05, 3.63) is 29.3 Å². The molecule has 0 aliphatic rings. The highest BCUT2D eigenvalue weighted by atomic mass is 14.6. The topological polar surface area (TPSA) is 26.0 Å². The second-order valence-electron chi connectivity index (χ2n) is 15.5. The van der Waals surface area contributed by atoms with Crippen molar-refractivity contribution in [2.24, 2.45) is 0 Å². The zero-order valence-corrected chi connectivity index (χ0v) is 32.7. The highest BCUT2D eigenvalue weighted by molar-refractivity contribution is 5.51. The van der Waals surface area contributed by atoms with Gasteiger partial charge in [-0.15, -0.1) is 0 Å². The van der Waals surface area contributed by atoms with E-state index in [9.17, 15) is 0 Å². The van der Waals surface area contributed by atoms with Crippen molar-refractivity contribution in [1.29, 1.82) is 0 Å². The summed E-state index contributed by atoms with van der Waals surface area (Å²) in [7, 11) is 0. The third kappa shape index (κ3) is 29.6. The van der Waals surface area contributed by atoms with Gasteiger partial charge in [0.1, 0.15) is 0 Å². The summed E-state index contributed by atoms with van der Waals surface area (Å²) in [4.78, 5) is 0. The molecule has 0 aliphatic heterocycles. The van der Waals surface area contributed by atoms with Crippen molar-refractivity contribution >= 4 is 5.69 Å². The Morgan fingerprint density at radius 3 is 0.872 bits per heavy atom. The lowest BCUT2D eigenvalue weighted by atomic mass is 9.95. The minimum atomic E-state index is 1.04. The van der Waals surface area contributed by atoms with Gasteiger partial charge in [0.15, 0.2) is 0 Å². The fourth-order valence-corrected chi connectivity index (χ4v) is 7.61. The molecule has 1 aromatic carbocycles. The van der Waals surface area contributed by atoms with Crippen LogP contribution in [0.4, 0.5) is 5.69 Å². The summed E-state index contributed by atoms with van der Waals surface area (Å²) < 4.78 is 0. The van der Waals surface area contributed by atoms with Gasteiger partial charge in [0.05, 0.1) is 0 Å². The molecular formula is C46H87N. The number of aryl methyl sites for hydroxylation is 1. The first-order chi connectivity index (χ1) is 23.3. The minimum Gasteiger partial charge on any atom is -0.398 e. The first kappa shape index (κ1) is 44.0. The quantitative estimate of drug-likeness (QED) is 0.0558. The molecule has 0 radical (unpaired) electrons. The molecule has 1 aromatic rings. The van der Waals surface area contributed by atoms with Crippen LogP contribution in [0.3, 0.4) is 0 Å². The maximum Gasteiger partial charge on any atom is 0.0349 e. The molecule has 0 fully saturated rings. The lowest BCUT2D eigenvalue weighted by Crippen LogP contribution is -2.01. The Labute approximate surface area is 297 Å². The van der Waals surface area contributed by atoms with Crippen LogP contribution < -0.4 is 5.73 Å². The standard InChI is InChI=1S/C46H87N/c1-3-5-7-9-11-13-15-17-19-21-23-25-27-29-31-33-35-37-40-44-41-39-43-46(47)45(44)42-38-36-34-32-30-28-26-24-22-20-18-16-14-12-10-8-6-4-2/h39,41,43H,3-38,40,42,47H2,1-2H3. The average molecular weight is 654 g/mol. The van der Waals surface area contributed by atoms with Crippen LogP contribution in [0.25, 0.3) is 0 Å². The van der Waals surface area contributed by atoms with Crippen LogP contribution in [-0.2, 0) is 12.8 Å². The Balaban J connectivity index is 1.91. The van der Waals surface area contributed by atoms with E-state index in [4.69, 9.17) is 5.73 Å². The van der Waals surface area contributed by atoms with E-state index in [2.05, 4.69) is 32.0 Å². The van der Waals surface area contributed by atoms with Gasteiger partial charge < -0.3 is 5.73 Å². The maximum atomic E-state index is 6.47. The molecule has 0 saturated heterocycles. The Bertz CT molecular complexity index is 739. The van der Waals surface area contributed by atoms with Crippen LogP contribution in [0.1, 0.15) is 256 Å². The van der Waals surface area contributed by atoms with E-state index >= 15 is 0 Å². The zero-order valence-electron chi connectivity index (χ0n) is 32.7. The number of hydrogen-bond donors (Lipinski definition) is 1. The summed E-state index contributed by atoms with van der Waals surface area (Å²) in [5.74, 6) is 0. The Kier molecular flexibility index (Phi) is 34.0. The van der Waals surface area contributed by atoms with E-state index in [0.717, 1.165) is 5.69 Å². The van der Waals surface area contributed by atoms with E-state index < -0.39 is 0 Å². The monoisotopic (exact) mass is 654 g/mol. The van der Waals surface area contributed by atoms with Crippen LogP contribution in [0.15, 0.2) is 18.2 Å². The molecule has 47 heavy (non-hydrogen) atoms. The fraction of sp³-hybridized carbons (Fsp3) is 0.870. The van der Waals surface area contributed by atoms with Gasteiger partial charge in [0.25, 0.3) is 0 Å². The highest BCUT2D eigenvalue weighted by Gasteiger charge is 2.07. The molecule has 0 atom stereocenters. The Morgan fingerprint density at radius 2 is 0.574 bits per heavy atom. The van der Waals surface area contributed by atoms with Crippen molar-refractivity contribution in [2.45, 2.75) is 258 Å². The maximum absolute atomic E-state index is 6.47. The molecule has 0 saturated carbocycles. The minimum absolute atomic E-state index is 1.04. The molecule has 1 rings (SSSR count). The number of nitrogens with two attached hydrogens (primary N) is 1. The van der Waals surface area contributed by atoms with E-state index in [0.29, 0.717) is 0 Å². The van der Waals surface area contributed by atoms with Gasteiger partial charge in [-0.1, -0.05) is 244 Å². The molecule has 0 amide bonds. The number of anilines is 1. The van der Waals surface area contributed by atoms with Gasteiger partial charge >= 0.3 is 0 Å². The Hall–Kier alpha value is -0.980. The molecular weight excluding hydrogens is 567 g/mol. The predicted molar refractivity (Wildman–Crippen MR) is 216 cm³/mol. The Morgan fingerprint density at radius 1 is 0.319 bits per heavy atom. The first-order valence-electron chi connectivity index (χ1n) is 22.2. The van der Waals surface area contributed by atoms with Crippen molar-refractivity contribution < 1.29 is 0 Å². The molecule has 276 valence electrons. The molecule has 0 aromatic heterocycles. The van der Waals surface area contributed by atoms with Gasteiger partial charge in [-0.3, -0.25) is 0 Å². The van der Waals surface area contributed by atoms with Gasteiger partial charge in [0.2, 0.25) is 0 Å². The lowest BCUT2D eigenvalue weighted by molar-refractivity contribution is 0.524. The third-order valence-corrected chi connectivity index (χ3v) is 10.9. The fourth-order valence-electron chi connectivity index (χ4n) is 7.61. The van der Waals surface area contributed by atoms with Crippen LogP contribution in [0.2, 0.25) is 0 Å². The first-order valence-corrected chi connectivity index (χ1v) is 22.2. The van der Waals surface area contributed by atoms with Crippen molar-refractivity contribution in [3.8, 4) is 0 Å². The van der Waals surface area contributed by atoms with Gasteiger partial charge in [-0.05, 0) is 42.9 Å². The van der Waals surface area contributed by atoms with Gasteiger partial charge in [-0.2, -0.15) is 0 Å². The SMILES string of the molecule is CCCCCCCCCCCCCCCCCCCCc1cccc(N)c1CCCCCCCCCCCCCCCCCCCC. The molecule has 2 N–H and O–H groups in total. The lowest BCUT2D eigenvalue weighted by Gasteiger charge is -2.13. The van der Waals surface area contributed by atoms with Crippen LogP contribution in [0, 0.1) is 0 Å². The average Bonchev–Trinajstić information content (AvgIpc) is 3.08. The van der Waals surface area contributed by atoms with E-state index in [1.807, 2.05) is 0 Å². The number of benzene rings is 1. The van der Waals surface area contributed by atoms with Gasteiger partial charge in [-0.25, -0.2) is 0 Å². The van der Waals surface area contributed by atoms with Crippen LogP contribution >= 0.6 is 0 Å². The summed E-state index contributed by atoms with van der Waals surface area (Å²) in [6, 6.07) is 6.66. The van der Waals surface area contributed by atoms with Crippen molar-refractivity contribution in [1.82, 2.24) is 0 Å². The molecule has 0 heterocycles. The van der Waals surface area contributed by atoms with Gasteiger partial charge in [0, 0.05) is 5.69 Å². The molecule has 0 spiro atoms. The number of hydrogen-bond acceptors (Lipinski definition) is 1. The summed E-state index contributed by atoms with van der Waals surface area (Å²) >= 11 is 0. The third-order valence-electron chi connectivity index (χ3n) is 10.9. The van der Waals surface area contributed by atoms with Crippen molar-refractivity contribution in [2.75, 3.05) is 5.73 Å². The second kappa shape index (κ2) is 36.3. The smallest absolute Gasteiger partial charge is 0.0349 e. The predicted octanol–water partition coefficient (Wildman–Crippen LogP) is 16.4. The zero-order chi connectivity index (χ0) is 33.7. The highest BCUT2D eigenvalue weighted by Crippen LogP contribution is 2.23. The largest absolute Gasteiger partial charge is 0.398 e. The molecule has 1 heteroatoms. The summed E-state index contributed by atoms with van der Waals surface area (Å²) in [6.07, 6.45) is 54.2. The van der Waals surface area contributed by atoms with E-state index in [1.54, 1.807) is 0 Å². The van der Waals surface area contributed by atoms with E-state index in [1.165, 1.54) is 255 Å². The number of unbranched alkanes of at least 4 members (excludes halogenated alkanes) is 34. The summed E-state index contributed by atoms with van der Waals surface area (Å²) in [6.45, 7) is 4.61. The second-order valence-corrected chi connectivity index (χ2v) is 15.5.